The summed E-state index contributed by atoms with van der Waals surface area (Å²) in [6.07, 6.45) is 5.53. The number of halogens is 1. The summed E-state index contributed by atoms with van der Waals surface area (Å²) >= 11 is 0. The molecule has 4 aromatic rings. The van der Waals surface area contributed by atoms with Crippen LogP contribution in [0.25, 0.3) is 22.0 Å². The predicted molar refractivity (Wildman–Crippen MR) is 111 cm³/mol. The Bertz CT molecular complexity index is 1340. The number of nitrogens with one attached hydrogen (secondary N) is 1. The number of amides is 1. The Balaban J connectivity index is 1.53. The Morgan fingerprint density at radius 3 is 2.84 bits per heavy atom. The molecular formula is C21H18FN7O2. The number of primary amides is 1. The van der Waals surface area contributed by atoms with Crippen LogP contribution in [0.1, 0.15) is 21.6 Å². The molecule has 10 heteroatoms. The van der Waals surface area contributed by atoms with E-state index in [0.717, 1.165) is 22.3 Å². The number of fused-ring (bicyclic) bond motifs is 2. The summed E-state index contributed by atoms with van der Waals surface area (Å²) in [5.41, 5.74) is 8.34. The number of carbonyl (C=O) groups excluding carboxylic acids is 1. The van der Waals surface area contributed by atoms with E-state index in [1.807, 2.05) is 0 Å². The second-order valence-corrected chi connectivity index (χ2v) is 7.19. The molecule has 0 saturated carbocycles. The number of pyridine rings is 1. The standard InChI is InChI=1S/C21H18FN7O2/c1-29-18(6-17(28-29)20(23)30)14-8-25-21(15-10-27-26-9-12(14)15)24-7-13-11-4-5-31-19(11)3-2-16(13)22/h2-3,6,8-10H,4-5,7H2,1H3,(H2,23,30)(H,24,25). The lowest BCUT2D eigenvalue weighted by molar-refractivity contribution is 0.0995. The molecule has 1 aliphatic rings. The van der Waals surface area contributed by atoms with Crippen LogP contribution in [0.3, 0.4) is 0 Å². The number of aromatic nitrogens is 5. The number of benzene rings is 1. The minimum absolute atomic E-state index is 0.158. The third-order valence-electron chi connectivity index (χ3n) is 5.38. The Kier molecular flexibility index (Phi) is 4.46. The summed E-state index contributed by atoms with van der Waals surface area (Å²) in [6, 6.07) is 4.68. The second kappa shape index (κ2) is 7.31. The number of rotatable bonds is 5. The Morgan fingerprint density at radius 2 is 2.06 bits per heavy atom. The van der Waals surface area contributed by atoms with E-state index in [9.17, 15) is 9.18 Å². The van der Waals surface area contributed by atoms with E-state index < -0.39 is 5.91 Å². The zero-order chi connectivity index (χ0) is 21.5. The highest BCUT2D eigenvalue weighted by Gasteiger charge is 2.20. The van der Waals surface area contributed by atoms with Gasteiger partial charge in [-0.25, -0.2) is 9.37 Å². The molecule has 0 spiro atoms. The van der Waals surface area contributed by atoms with Crippen molar-refractivity contribution in [3.8, 4) is 17.0 Å². The van der Waals surface area contributed by atoms with Crippen LogP contribution in [-0.2, 0) is 20.0 Å². The van der Waals surface area contributed by atoms with Crippen molar-refractivity contribution in [3.05, 3.63) is 59.4 Å². The van der Waals surface area contributed by atoms with E-state index in [-0.39, 0.29) is 18.1 Å². The van der Waals surface area contributed by atoms with Gasteiger partial charge in [0.05, 0.1) is 24.7 Å². The van der Waals surface area contributed by atoms with Gasteiger partial charge in [-0.3, -0.25) is 9.48 Å². The SMILES string of the molecule is Cn1nc(C(N)=O)cc1-c1cnc(NCc2c(F)ccc3c2CCO3)c2cnncc12. The van der Waals surface area contributed by atoms with Gasteiger partial charge in [-0.05, 0) is 18.2 Å². The molecule has 1 aromatic carbocycles. The predicted octanol–water partition coefficient (Wildman–Crippen LogP) is 2.21. The summed E-state index contributed by atoms with van der Waals surface area (Å²) in [7, 11) is 1.72. The number of carbonyl (C=O) groups is 1. The first-order valence-corrected chi connectivity index (χ1v) is 9.63. The molecule has 156 valence electrons. The van der Waals surface area contributed by atoms with Crippen molar-refractivity contribution in [3.63, 3.8) is 0 Å². The number of nitrogens with zero attached hydrogens (tertiary/aromatic N) is 5. The first-order chi connectivity index (χ1) is 15.0. The fourth-order valence-electron chi connectivity index (χ4n) is 3.86. The zero-order valence-corrected chi connectivity index (χ0v) is 16.6. The number of nitrogens with two attached hydrogens (primary N) is 1. The minimum Gasteiger partial charge on any atom is -0.493 e. The highest BCUT2D eigenvalue weighted by molar-refractivity contribution is 6.01. The molecule has 3 N–H and O–H groups in total. The Labute approximate surface area is 176 Å². The average Bonchev–Trinajstić information content (AvgIpc) is 3.40. The molecule has 0 fully saturated rings. The fourth-order valence-corrected chi connectivity index (χ4v) is 3.86. The van der Waals surface area contributed by atoms with Crippen LogP contribution in [0.15, 0.2) is 36.8 Å². The van der Waals surface area contributed by atoms with Crippen LogP contribution in [0.4, 0.5) is 10.2 Å². The second-order valence-electron chi connectivity index (χ2n) is 7.19. The van der Waals surface area contributed by atoms with Crippen molar-refractivity contribution >= 4 is 22.5 Å². The van der Waals surface area contributed by atoms with Gasteiger partial charge in [-0.15, -0.1) is 0 Å². The molecule has 0 bridgehead atoms. The van der Waals surface area contributed by atoms with E-state index >= 15 is 0 Å². The first-order valence-electron chi connectivity index (χ1n) is 9.63. The van der Waals surface area contributed by atoms with Gasteiger partial charge in [0.15, 0.2) is 5.69 Å². The molecule has 0 atom stereocenters. The van der Waals surface area contributed by atoms with E-state index in [4.69, 9.17) is 10.5 Å². The molecule has 0 aliphatic carbocycles. The van der Waals surface area contributed by atoms with Crippen molar-refractivity contribution in [2.24, 2.45) is 12.8 Å². The van der Waals surface area contributed by atoms with Crippen LogP contribution in [-0.4, -0.2) is 37.5 Å². The summed E-state index contributed by atoms with van der Waals surface area (Å²) in [5.74, 6) is 0.366. The van der Waals surface area contributed by atoms with Crippen molar-refractivity contribution in [2.75, 3.05) is 11.9 Å². The van der Waals surface area contributed by atoms with Crippen LogP contribution in [0.2, 0.25) is 0 Å². The molecule has 0 saturated heterocycles. The van der Waals surface area contributed by atoms with Gasteiger partial charge >= 0.3 is 0 Å². The molecular weight excluding hydrogens is 401 g/mol. The van der Waals surface area contributed by atoms with Crippen LogP contribution in [0, 0.1) is 5.82 Å². The lowest BCUT2D eigenvalue weighted by Gasteiger charge is -2.13. The van der Waals surface area contributed by atoms with E-state index in [2.05, 4.69) is 25.6 Å². The maximum atomic E-state index is 14.5. The third kappa shape index (κ3) is 3.21. The molecule has 1 amide bonds. The molecule has 3 aromatic heterocycles. The highest BCUT2D eigenvalue weighted by Crippen LogP contribution is 2.33. The highest BCUT2D eigenvalue weighted by atomic mass is 19.1. The molecule has 31 heavy (non-hydrogen) atoms. The van der Waals surface area contributed by atoms with Gasteiger partial charge in [0.25, 0.3) is 5.91 Å². The Hall–Kier alpha value is -4.08. The lowest BCUT2D eigenvalue weighted by Crippen LogP contribution is -2.11. The van der Waals surface area contributed by atoms with Gasteiger partial charge in [-0.1, -0.05) is 0 Å². The smallest absolute Gasteiger partial charge is 0.269 e. The van der Waals surface area contributed by atoms with Crippen LogP contribution < -0.4 is 15.8 Å². The van der Waals surface area contributed by atoms with Crippen LogP contribution in [0.5, 0.6) is 5.75 Å². The van der Waals surface area contributed by atoms with Gasteiger partial charge in [0.1, 0.15) is 17.4 Å². The topological polar surface area (TPSA) is 121 Å². The normalized spacial score (nSPS) is 12.6. The van der Waals surface area contributed by atoms with E-state index in [1.165, 1.54) is 6.07 Å². The quantitative estimate of drug-likeness (QED) is 0.509. The van der Waals surface area contributed by atoms with Gasteiger partial charge in [0, 0.05) is 53.7 Å². The summed E-state index contributed by atoms with van der Waals surface area (Å²) in [6.45, 7) is 0.801. The largest absolute Gasteiger partial charge is 0.493 e. The molecule has 0 unspecified atom stereocenters. The first kappa shape index (κ1) is 18.9. The minimum atomic E-state index is -0.612. The third-order valence-corrected chi connectivity index (χ3v) is 5.38. The fraction of sp³-hybridized carbons (Fsp3) is 0.190. The van der Waals surface area contributed by atoms with Crippen molar-refractivity contribution in [1.82, 2.24) is 25.0 Å². The monoisotopic (exact) mass is 419 g/mol. The van der Waals surface area contributed by atoms with Gasteiger partial charge in [-0.2, -0.15) is 15.3 Å². The number of hydrogen-bond donors (Lipinski definition) is 2. The summed E-state index contributed by atoms with van der Waals surface area (Å²) in [4.78, 5) is 16.0. The number of aryl methyl sites for hydroxylation is 1. The maximum Gasteiger partial charge on any atom is 0.269 e. The number of hydrogen-bond acceptors (Lipinski definition) is 7. The van der Waals surface area contributed by atoms with Crippen molar-refractivity contribution < 1.29 is 13.9 Å². The van der Waals surface area contributed by atoms with Crippen molar-refractivity contribution in [2.45, 2.75) is 13.0 Å². The number of anilines is 1. The van der Waals surface area contributed by atoms with E-state index in [0.29, 0.717) is 35.5 Å². The van der Waals surface area contributed by atoms with Crippen LogP contribution >= 0.6 is 0 Å². The maximum absolute atomic E-state index is 14.5. The lowest BCUT2D eigenvalue weighted by atomic mass is 10.0. The molecule has 9 nitrogen and oxygen atoms in total. The molecule has 1 aliphatic heterocycles. The molecule has 5 rings (SSSR count). The Morgan fingerprint density at radius 1 is 1.26 bits per heavy atom. The summed E-state index contributed by atoms with van der Waals surface area (Å²) < 4.78 is 21.6. The average molecular weight is 419 g/mol. The zero-order valence-electron chi connectivity index (χ0n) is 16.6. The number of ether oxygens (including phenoxy) is 1. The van der Waals surface area contributed by atoms with Gasteiger partial charge in [0.2, 0.25) is 0 Å². The van der Waals surface area contributed by atoms with E-state index in [1.54, 1.807) is 42.5 Å². The molecule has 0 radical (unpaired) electrons. The molecule has 4 heterocycles. The van der Waals surface area contributed by atoms with Crippen molar-refractivity contribution in [1.29, 1.82) is 0 Å². The van der Waals surface area contributed by atoms with Gasteiger partial charge < -0.3 is 15.8 Å². The summed E-state index contributed by atoms with van der Waals surface area (Å²) in [5, 5.41) is 16.8.